The van der Waals surface area contributed by atoms with Crippen LogP contribution in [0, 0.1) is 6.08 Å². The van der Waals surface area contributed by atoms with Crippen molar-refractivity contribution in [2.24, 2.45) is 0 Å². The lowest BCUT2D eigenvalue weighted by Gasteiger charge is -1.88. The van der Waals surface area contributed by atoms with Crippen LogP contribution in [0.4, 0.5) is 5.82 Å². The molecule has 0 amide bonds. The van der Waals surface area contributed by atoms with E-state index in [1.54, 1.807) is 18.5 Å². The van der Waals surface area contributed by atoms with Gasteiger partial charge in [0.1, 0.15) is 12.4 Å². The minimum absolute atomic E-state index is 0.755. The number of fused-ring (bicyclic) bond motifs is 1. The SMILES string of the molecule is [C]1=CC=[N+]c2ncccc21. The monoisotopic (exact) mass is 129 g/mol. The second kappa shape index (κ2) is 2.06. The van der Waals surface area contributed by atoms with Gasteiger partial charge in [-0.15, -0.1) is 0 Å². The molecule has 1 aromatic heterocycles. The molecule has 0 atom stereocenters. The first-order valence-corrected chi connectivity index (χ1v) is 3.04. The van der Waals surface area contributed by atoms with Crippen molar-refractivity contribution in [1.82, 2.24) is 9.98 Å². The highest BCUT2D eigenvalue weighted by Crippen LogP contribution is 2.10. The summed E-state index contributed by atoms with van der Waals surface area (Å²) in [7, 11) is 0. The average molecular weight is 129 g/mol. The second-order valence-corrected chi connectivity index (χ2v) is 1.96. The Balaban J connectivity index is 2.65. The predicted octanol–water partition coefficient (Wildman–Crippen LogP) is 0.841. The summed E-state index contributed by atoms with van der Waals surface area (Å²) in [4.78, 5) is 8.08. The van der Waals surface area contributed by atoms with E-state index in [1.807, 2.05) is 12.1 Å². The van der Waals surface area contributed by atoms with Gasteiger partial charge in [-0.1, -0.05) is 0 Å². The molecular weight excluding hydrogens is 124 g/mol. The lowest BCUT2D eigenvalue weighted by molar-refractivity contribution is 1.18. The maximum Gasteiger partial charge on any atom is 0.371 e. The van der Waals surface area contributed by atoms with Gasteiger partial charge in [-0.3, -0.25) is 0 Å². The van der Waals surface area contributed by atoms with Crippen LogP contribution >= 0.6 is 0 Å². The van der Waals surface area contributed by atoms with Crippen molar-refractivity contribution in [3.8, 4) is 0 Å². The van der Waals surface area contributed by atoms with Crippen LogP contribution in [0.15, 0.2) is 24.4 Å². The molecule has 2 radical (unpaired) electrons. The maximum absolute atomic E-state index is 4.04. The van der Waals surface area contributed by atoms with Crippen molar-refractivity contribution in [2.45, 2.75) is 0 Å². The molecule has 0 spiro atoms. The number of hydrogen-bond donors (Lipinski definition) is 0. The fraction of sp³-hybridized carbons (Fsp3) is 0. The zero-order chi connectivity index (χ0) is 6.81. The molecule has 1 aliphatic rings. The minimum Gasteiger partial charge on any atom is -0.0454 e. The first-order valence-electron chi connectivity index (χ1n) is 3.04. The summed E-state index contributed by atoms with van der Waals surface area (Å²) in [5.41, 5.74) is 0.963. The van der Waals surface area contributed by atoms with Crippen molar-refractivity contribution in [1.29, 1.82) is 0 Å². The number of rotatable bonds is 0. The Morgan fingerprint density at radius 2 is 2.50 bits per heavy atom. The van der Waals surface area contributed by atoms with Gasteiger partial charge in [0, 0.05) is 6.08 Å². The largest absolute Gasteiger partial charge is 0.371 e. The molecular formula is C8H5N2+. The van der Waals surface area contributed by atoms with Crippen molar-refractivity contribution in [3.05, 3.63) is 36.0 Å². The average Bonchev–Trinajstić information content (AvgIpc) is 2.05. The van der Waals surface area contributed by atoms with E-state index in [9.17, 15) is 0 Å². The Morgan fingerprint density at radius 1 is 1.50 bits per heavy atom. The van der Waals surface area contributed by atoms with E-state index in [2.05, 4.69) is 16.1 Å². The van der Waals surface area contributed by atoms with E-state index < -0.39 is 0 Å². The molecule has 2 heteroatoms. The Morgan fingerprint density at radius 3 is 3.40 bits per heavy atom. The summed E-state index contributed by atoms with van der Waals surface area (Å²) in [6.07, 6.45) is 8.22. The molecule has 0 fully saturated rings. The lowest BCUT2D eigenvalue weighted by Crippen LogP contribution is -1.94. The van der Waals surface area contributed by atoms with Gasteiger partial charge in [0.05, 0.1) is 5.56 Å². The highest BCUT2D eigenvalue weighted by atomic mass is 14.9. The molecule has 2 heterocycles. The molecule has 0 bridgehead atoms. The van der Waals surface area contributed by atoms with Gasteiger partial charge < -0.3 is 0 Å². The van der Waals surface area contributed by atoms with Crippen LogP contribution in [0.1, 0.15) is 5.56 Å². The third-order valence-corrected chi connectivity index (χ3v) is 1.30. The highest BCUT2D eigenvalue weighted by Gasteiger charge is 2.10. The van der Waals surface area contributed by atoms with E-state index >= 15 is 0 Å². The normalized spacial score (nSPS) is 13.2. The summed E-state index contributed by atoms with van der Waals surface area (Å²) in [6, 6.07) is 3.82. The van der Waals surface area contributed by atoms with Crippen LogP contribution < -0.4 is 4.99 Å². The molecule has 0 saturated carbocycles. The number of aromatic nitrogens is 1. The van der Waals surface area contributed by atoms with Gasteiger partial charge in [-0.05, 0) is 28.2 Å². The first kappa shape index (κ1) is 5.35. The third kappa shape index (κ3) is 0.739. The molecule has 0 N–H and O–H groups in total. The number of nitrogens with zero attached hydrogens (tertiary/aromatic N) is 2. The molecule has 0 aliphatic carbocycles. The first-order chi connectivity index (χ1) is 4.97. The Labute approximate surface area is 58.9 Å². The quantitative estimate of drug-likeness (QED) is 0.510. The molecule has 10 heavy (non-hydrogen) atoms. The zero-order valence-corrected chi connectivity index (χ0v) is 5.28. The van der Waals surface area contributed by atoms with Gasteiger partial charge in [-0.2, -0.15) is 0 Å². The Bertz CT molecular complexity index is 269. The summed E-state index contributed by atoms with van der Waals surface area (Å²) in [5.74, 6) is 0.755. The minimum atomic E-state index is 0.755. The summed E-state index contributed by atoms with van der Waals surface area (Å²) < 4.78 is 0. The van der Waals surface area contributed by atoms with Crippen molar-refractivity contribution >= 4 is 12.0 Å². The zero-order valence-electron chi connectivity index (χ0n) is 5.28. The smallest absolute Gasteiger partial charge is 0.0454 e. The number of allylic oxidation sites excluding steroid dienone is 1. The van der Waals surface area contributed by atoms with E-state index in [-0.39, 0.29) is 0 Å². The number of aliphatic imine (C=N–C) groups is 1. The summed E-state index contributed by atoms with van der Waals surface area (Å²) >= 11 is 0. The van der Waals surface area contributed by atoms with Crippen molar-refractivity contribution in [2.75, 3.05) is 0 Å². The van der Waals surface area contributed by atoms with E-state index in [0.29, 0.717) is 0 Å². The molecule has 0 saturated heterocycles. The maximum atomic E-state index is 4.04. The molecule has 2 nitrogen and oxygen atoms in total. The van der Waals surface area contributed by atoms with Gasteiger partial charge in [0.15, 0.2) is 0 Å². The third-order valence-electron chi connectivity index (χ3n) is 1.30. The molecule has 46 valence electrons. The van der Waals surface area contributed by atoms with Crippen LogP contribution in [0.2, 0.25) is 0 Å². The summed E-state index contributed by atoms with van der Waals surface area (Å²) in [6.45, 7) is 0. The van der Waals surface area contributed by atoms with Crippen LogP contribution in [0.25, 0.3) is 0 Å². The van der Waals surface area contributed by atoms with E-state index in [0.717, 1.165) is 11.4 Å². The predicted molar refractivity (Wildman–Crippen MR) is 39.0 cm³/mol. The molecule has 2 rings (SSSR count). The van der Waals surface area contributed by atoms with Crippen molar-refractivity contribution in [3.63, 3.8) is 0 Å². The number of pyridine rings is 1. The molecule has 0 unspecified atom stereocenters. The van der Waals surface area contributed by atoms with Crippen LogP contribution in [0.5, 0.6) is 0 Å². The fourth-order valence-electron chi connectivity index (χ4n) is 0.847. The Hall–Kier alpha value is -1.44. The second-order valence-electron chi connectivity index (χ2n) is 1.96. The molecule has 0 aromatic carbocycles. The fourth-order valence-corrected chi connectivity index (χ4v) is 0.847. The van der Waals surface area contributed by atoms with Crippen LogP contribution in [-0.2, 0) is 0 Å². The van der Waals surface area contributed by atoms with Gasteiger partial charge in [-0.25, -0.2) is 0 Å². The highest BCUT2D eigenvalue weighted by molar-refractivity contribution is 5.75. The molecule has 1 aliphatic heterocycles. The molecule has 1 aromatic rings. The number of hydrogen-bond acceptors (Lipinski definition) is 2. The van der Waals surface area contributed by atoms with Gasteiger partial charge >= 0.3 is 5.82 Å². The lowest BCUT2D eigenvalue weighted by atomic mass is 10.2. The van der Waals surface area contributed by atoms with Crippen LogP contribution in [0.3, 0.4) is 0 Å². The summed E-state index contributed by atoms with van der Waals surface area (Å²) in [5, 5.41) is 0. The van der Waals surface area contributed by atoms with Crippen molar-refractivity contribution < 1.29 is 0 Å². The van der Waals surface area contributed by atoms with Gasteiger partial charge in [0.2, 0.25) is 0 Å². The Kier molecular flexibility index (Phi) is 1.10. The topological polar surface area (TPSA) is 27.0 Å². The standard InChI is InChI=1S/C8H5N2/c1-3-7-4-2-6-10-8(7)9-5-1/h1-3,5-6H/q+1. The van der Waals surface area contributed by atoms with E-state index in [4.69, 9.17) is 0 Å². The van der Waals surface area contributed by atoms with Gasteiger partial charge in [0.25, 0.3) is 0 Å². The van der Waals surface area contributed by atoms with E-state index in [1.165, 1.54) is 0 Å². The van der Waals surface area contributed by atoms with Crippen LogP contribution in [-0.4, -0.2) is 11.2 Å².